The fourth-order valence-electron chi connectivity index (χ4n) is 4.35. The largest absolute Gasteiger partial charge is 0.507 e. The number of Topliss-reactive ketones (excluding diaryl/α,β-unsaturated/α-hetero) is 1. The summed E-state index contributed by atoms with van der Waals surface area (Å²) in [6.07, 6.45) is 4.88. The topological polar surface area (TPSA) is 98.2 Å². The normalized spacial score (nSPS) is 18.2. The van der Waals surface area contributed by atoms with Crippen molar-refractivity contribution >= 4 is 17.4 Å². The highest BCUT2D eigenvalue weighted by atomic mass is 16.6. The molecule has 0 saturated carbocycles. The van der Waals surface area contributed by atoms with Gasteiger partial charge in [0.1, 0.15) is 31.3 Å². The van der Waals surface area contributed by atoms with E-state index in [9.17, 15) is 14.7 Å². The lowest BCUT2D eigenvalue weighted by atomic mass is 9.95. The summed E-state index contributed by atoms with van der Waals surface area (Å²) < 4.78 is 16.9. The SMILES string of the molecule is C=CCOc1cccc(C2/C(=C(\O)c3ccc4c(c3)OCCO4)C(=O)C(=O)N2Cc2ccncc2)c1. The maximum absolute atomic E-state index is 13.3. The second kappa shape index (κ2) is 9.95. The Hall–Kier alpha value is -4.59. The summed E-state index contributed by atoms with van der Waals surface area (Å²) in [6, 6.07) is 14.8. The molecule has 0 aliphatic carbocycles. The van der Waals surface area contributed by atoms with E-state index in [1.165, 1.54) is 4.90 Å². The van der Waals surface area contributed by atoms with Gasteiger partial charge in [-0.25, -0.2) is 0 Å². The molecular weight excluding hydrogens is 460 g/mol. The molecule has 1 N–H and O–H groups in total. The Morgan fingerprint density at radius 3 is 2.64 bits per heavy atom. The average Bonchev–Trinajstić information content (AvgIpc) is 3.17. The number of hydrogen-bond donors (Lipinski definition) is 1. The highest BCUT2D eigenvalue weighted by Gasteiger charge is 2.46. The molecule has 8 nitrogen and oxygen atoms in total. The van der Waals surface area contributed by atoms with Crippen molar-refractivity contribution in [3.05, 3.63) is 102 Å². The van der Waals surface area contributed by atoms with Crippen LogP contribution in [0.5, 0.6) is 17.2 Å². The highest BCUT2D eigenvalue weighted by Crippen LogP contribution is 2.42. The number of ketones is 1. The van der Waals surface area contributed by atoms with E-state index >= 15 is 0 Å². The second-order valence-electron chi connectivity index (χ2n) is 8.31. The summed E-state index contributed by atoms with van der Waals surface area (Å²) in [4.78, 5) is 32.1. The zero-order valence-electron chi connectivity index (χ0n) is 19.4. The second-order valence-corrected chi connectivity index (χ2v) is 8.31. The Bertz CT molecular complexity index is 1350. The Labute approximate surface area is 208 Å². The van der Waals surface area contributed by atoms with E-state index in [1.54, 1.807) is 73.1 Å². The van der Waals surface area contributed by atoms with Gasteiger partial charge < -0.3 is 24.2 Å². The van der Waals surface area contributed by atoms with Crippen molar-refractivity contribution in [3.8, 4) is 17.2 Å². The van der Waals surface area contributed by atoms with Gasteiger partial charge in [-0.3, -0.25) is 14.6 Å². The number of fused-ring (bicyclic) bond motifs is 1. The first kappa shape index (κ1) is 23.2. The van der Waals surface area contributed by atoms with Gasteiger partial charge in [-0.05, 0) is 53.6 Å². The summed E-state index contributed by atoms with van der Waals surface area (Å²) in [7, 11) is 0. The number of aliphatic hydroxyl groups is 1. The lowest BCUT2D eigenvalue weighted by molar-refractivity contribution is -0.140. The molecule has 1 saturated heterocycles. The molecule has 36 heavy (non-hydrogen) atoms. The number of carbonyl (C=O) groups is 2. The molecule has 182 valence electrons. The molecule has 2 aliphatic heterocycles. The van der Waals surface area contributed by atoms with E-state index in [-0.39, 0.29) is 17.9 Å². The minimum absolute atomic E-state index is 0.00777. The van der Waals surface area contributed by atoms with Crippen LogP contribution in [0, 0.1) is 0 Å². The van der Waals surface area contributed by atoms with Crippen LogP contribution in [0.1, 0.15) is 22.7 Å². The summed E-state index contributed by atoms with van der Waals surface area (Å²) in [5.41, 5.74) is 1.77. The third kappa shape index (κ3) is 4.40. The van der Waals surface area contributed by atoms with E-state index < -0.39 is 17.7 Å². The van der Waals surface area contributed by atoms with Crippen LogP contribution in [-0.4, -0.2) is 46.5 Å². The van der Waals surface area contributed by atoms with Crippen molar-refractivity contribution in [2.24, 2.45) is 0 Å². The molecule has 1 fully saturated rings. The predicted molar refractivity (Wildman–Crippen MR) is 132 cm³/mol. The molecule has 0 bridgehead atoms. The average molecular weight is 485 g/mol. The number of likely N-dealkylation sites (tertiary alicyclic amines) is 1. The molecule has 0 spiro atoms. The van der Waals surface area contributed by atoms with Gasteiger partial charge in [0.15, 0.2) is 11.5 Å². The minimum Gasteiger partial charge on any atom is -0.507 e. The molecule has 3 heterocycles. The van der Waals surface area contributed by atoms with Crippen molar-refractivity contribution in [1.82, 2.24) is 9.88 Å². The first-order chi connectivity index (χ1) is 17.6. The number of aliphatic hydroxyl groups excluding tert-OH is 1. The van der Waals surface area contributed by atoms with E-state index in [0.717, 1.165) is 5.56 Å². The van der Waals surface area contributed by atoms with Crippen LogP contribution < -0.4 is 14.2 Å². The van der Waals surface area contributed by atoms with Gasteiger partial charge >= 0.3 is 0 Å². The van der Waals surface area contributed by atoms with Crippen molar-refractivity contribution in [2.75, 3.05) is 19.8 Å². The van der Waals surface area contributed by atoms with Gasteiger partial charge in [0.25, 0.3) is 11.7 Å². The highest BCUT2D eigenvalue weighted by molar-refractivity contribution is 6.46. The first-order valence-corrected chi connectivity index (χ1v) is 11.5. The Balaban J connectivity index is 1.62. The van der Waals surface area contributed by atoms with Gasteiger partial charge in [0.2, 0.25) is 0 Å². The van der Waals surface area contributed by atoms with Crippen molar-refractivity contribution in [3.63, 3.8) is 0 Å². The number of benzene rings is 2. The smallest absolute Gasteiger partial charge is 0.295 e. The summed E-state index contributed by atoms with van der Waals surface area (Å²) in [6.45, 7) is 4.94. The number of nitrogens with zero attached hydrogens (tertiary/aromatic N) is 2. The van der Waals surface area contributed by atoms with Crippen LogP contribution in [0.15, 0.2) is 85.2 Å². The molecule has 5 rings (SSSR count). The third-order valence-corrected chi connectivity index (χ3v) is 6.00. The number of rotatable bonds is 7. The number of ether oxygens (including phenoxy) is 3. The van der Waals surface area contributed by atoms with E-state index in [1.807, 2.05) is 0 Å². The summed E-state index contributed by atoms with van der Waals surface area (Å²) in [5.74, 6) is -0.175. The number of carbonyl (C=O) groups excluding carboxylic acids is 2. The molecule has 1 amide bonds. The molecule has 2 aliphatic rings. The molecular formula is C28H24N2O6. The molecule has 1 atom stereocenters. The van der Waals surface area contributed by atoms with Crippen LogP contribution >= 0.6 is 0 Å². The van der Waals surface area contributed by atoms with Crippen LogP contribution in [0.2, 0.25) is 0 Å². The summed E-state index contributed by atoms with van der Waals surface area (Å²) >= 11 is 0. The maximum atomic E-state index is 13.3. The number of pyridine rings is 1. The monoisotopic (exact) mass is 484 g/mol. The molecule has 3 aromatic rings. The van der Waals surface area contributed by atoms with Crippen LogP contribution in [0.4, 0.5) is 0 Å². The first-order valence-electron chi connectivity index (χ1n) is 11.5. The van der Waals surface area contributed by atoms with Crippen LogP contribution in [-0.2, 0) is 16.1 Å². The van der Waals surface area contributed by atoms with Crippen LogP contribution in [0.3, 0.4) is 0 Å². The molecule has 8 heteroatoms. The maximum Gasteiger partial charge on any atom is 0.295 e. The zero-order valence-corrected chi connectivity index (χ0v) is 19.4. The Kier molecular flexibility index (Phi) is 6.40. The van der Waals surface area contributed by atoms with Gasteiger partial charge in [0.05, 0.1) is 11.6 Å². The number of aromatic nitrogens is 1. The fraction of sp³-hybridized carbons (Fsp3) is 0.179. The van der Waals surface area contributed by atoms with E-state index in [2.05, 4.69) is 11.6 Å². The van der Waals surface area contributed by atoms with Crippen LogP contribution in [0.25, 0.3) is 5.76 Å². The predicted octanol–water partition coefficient (Wildman–Crippen LogP) is 4.04. The summed E-state index contributed by atoms with van der Waals surface area (Å²) in [5, 5.41) is 11.4. The van der Waals surface area contributed by atoms with Gasteiger partial charge in [-0.1, -0.05) is 24.8 Å². The quantitative estimate of drug-likeness (QED) is 0.234. The fourth-order valence-corrected chi connectivity index (χ4v) is 4.35. The van der Waals surface area contributed by atoms with Crippen molar-refractivity contribution in [2.45, 2.75) is 12.6 Å². The van der Waals surface area contributed by atoms with E-state index in [0.29, 0.717) is 48.2 Å². The Morgan fingerprint density at radius 2 is 1.86 bits per heavy atom. The number of amides is 1. The zero-order chi connectivity index (χ0) is 25.1. The molecule has 1 unspecified atom stereocenters. The lowest BCUT2D eigenvalue weighted by Crippen LogP contribution is -2.29. The van der Waals surface area contributed by atoms with Gasteiger partial charge in [-0.15, -0.1) is 0 Å². The third-order valence-electron chi connectivity index (χ3n) is 6.00. The standard InChI is InChI=1S/C28H24N2O6/c1-2-12-34-21-5-3-4-19(15-21)25-24(26(31)20-6-7-22-23(16-20)36-14-13-35-22)27(32)28(33)30(25)17-18-8-10-29-11-9-18/h2-11,15-16,25,31H,1,12-14,17H2/b26-24+. The van der Waals surface area contributed by atoms with Crippen molar-refractivity contribution < 1.29 is 28.9 Å². The minimum atomic E-state index is -0.835. The van der Waals surface area contributed by atoms with Gasteiger partial charge in [-0.2, -0.15) is 0 Å². The molecule has 2 aromatic carbocycles. The Morgan fingerprint density at radius 1 is 1.08 bits per heavy atom. The molecule has 0 radical (unpaired) electrons. The van der Waals surface area contributed by atoms with Crippen molar-refractivity contribution in [1.29, 1.82) is 0 Å². The number of hydrogen-bond acceptors (Lipinski definition) is 7. The molecule has 1 aromatic heterocycles. The van der Waals surface area contributed by atoms with E-state index in [4.69, 9.17) is 14.2 Å². The van der Waals surface area contributed by atoms with Gasteiger partial charge in [0, 0.05) is 24.5 Å². The lowest BCUT2D eigenvalue weighted by Gasteiger charge is -2.26.